The second-order valence-electron chi connectivity index (χ2n) is 15.9. The van der Waals surface area contributed by atoms with Crippen LogP contribution in [-0.4, -0.2) is 61.2 Å². The van der Waals surface area contributed by atoms with Crippen molar-refractivity contribution in [3.8, 4) is 0 Å². The van der Waals surface area contributed by atoms with Crippen molar-refractivity contribution >= 4 is 17.6 Å². The van der Waals surface area contributed by atoms with E-state index in [0.29, 0.717) is 5.95 Å². The second-order valence-corrected chi connectivity index (χ2v) is 15.9. The maximum Gasteiger partial charge on any atom is 0.241 e. The monoisotopic (exact) mass is 542 g/mol. The molecule has 0 saturated carbocycles. The molecule has 4 rings (SSSR count). The van der Waals surface area contributed by atoms with Gasteiger partial charge < -0.3 is 10.9 Å². The molecule has 3 aliphatic rings. The number of piperidine rings is 3. The molecule has 0 amide bonds. The Morgan fingerprint density at radius 1 is 0.513 bits per heavy atom. The first kappa shape index (κ1) is 30.3. The molecule has 39 heavy (non-hydrogen) atoms. The lowest BCUT2D eigenvalue weighted by molar-refractivity contribution is -0.0149. The van der Waals surface area contributed by atoms with Crippen LogP contribution in [0.15, 0.2) is 6.07 Å². The van der Waals surface area contributed by atoms with Gasteiger partial charge in [-0.2, -0.15) is 9.97 Å². The molecule has 3 aliphatic heterocycles. The van der Waals surface area contributed by atoms with Crippen molar-refractivity contribution in [1.82, 2.24) is 25.0 Å². The Labute approximate surface area is 239 Å². The van der Waals surface area contributed by atoms with E-state index in [1.807, 2.05) is 0 Å². The number of hydrogen-bond acceptors (Lipinski definition) is 8. The standard InChI is InChI=1S/C31H58N8/c1-26(2)16-13-19-37(29(26,7)8)34-23-22-24(35-38-20-14-17-27(3,4)30(38,9)10)33-25(32-23)36-39-21-15-18-28(5,6)31(39,11)12/h22H,13-21H2,1-12H3,(H3,32,33,34,35,36). The van der Waals surface area contributed by atoms with E-state index in [-0.39, 0.29) is 32.9 Å². The van der Waals surface area contributed by atoms with Crippen molar-refractivity contribution in [3.05, 3.63) is 6.07 Å². The third kappa shape index (κ3) is 5.50. The maximum atomic E-state index is 5.03. The van der Waals surface area contributed by atoms with Crippen molar-refractivity contribution in [1.29, 1.82) is 0 Å². The zero-order valence-corrected chi connectivity index (χ0v) is 27.2. The number of hydrazine groups is 3. The number of anilines is 3. The third-order valence-corrected chi connectivity index (χ3v) is 12.0. The SMILES string of the molecule is CC1(C)CCCN(Nc2cc(NN3CCCC(C)(C)C3(C)C)nc(NN3CCCC(C)(C)C3(C)C)n2)C1(C)C. The smallest absolute Gasteiger partial charge is 0.241 e. The van der Waals surface area contributed by atoms with E-state index in [0.717, 1.165) is 37.7 Å². The quantitative estimate of drug-likeness (QED) is 0.350. The van der Waals surface area contributed by atoms with Gasteiger partial charge in [0.15, 0.2) is 0 Å². The number of nitrogens with one attached hydrogen (secondary N) is 3. The predicted molar refractivity (Wildman–Crippen MR) is 164 cm³/mol. The Hall–Kier alpha value is -1.64. The zero-order valence-electron chi connectivity index (χ0n) is 27.2. The minimum absolute atomic E-state index is 0.0187. The molecule has 0 radical (unpaired) electrons. The van der Waals surface area contributed by atoms with Crippen molar-refractivity contribution in [2.75, 3.05) is 35.9 Å². The minimum atomic E-state index is -0.0383. The van der Waals surface area contributed by atoms with Crippen LogP contribution in [0.5, 0.6) is 0 Å². The van der Waals surface area contributed by atoms with Crippen molar-refractivity contribution in [3.63, 3.8) is 0 Å². The van der Waals surface area contributed by atoms with Crippen LogP contribution in [0.2, 0.25) is 0 Å². The van der Waals surface area contributed by atoms with Crippen LogP contribution in [0, 0.1) is 16.2 Å². The van der Waals surface area contributed by atoms with Gasteiger partial charge >= 0.3 is 0 Å². The number of rotatable bonds is 6. The lowest BCUT2D eigenvalue weighted by Gasteiger charge is -2.54. The average molecular weight is 543 g/mol. The summed E-state index contributed by atoms with van der Waals surface area (Å²) in [5.74, 6) is 2.28. The van der Waals surface area contributed by atoms with Gasteiger partial charge in [0.2, 0.25) is 5.95 Å². The fourth-order valence-electron chi connectivity index (χ4n) is 6.49. The van der Waals surface area contributed by atoms with Crippen LogP contribution in [0.4, 0.5) is 17.6 Å². The van der Waals surface area contributed by atoms with E-state index in [9.17, 15) is 0 Å². The molecule has 0 atom stereocenters. The first-order chi connectivity index (χ1) is 17.8. The number of aromatic nitrogens is 2. The zero-order chi connectivity index (χ0) is 29.1. The van der Waals surface area contributed by atoms with E-state index in [1.54, 1.807) is 0 Å². The predicted octanol–water partition coefficient (Wildman–Crippen LogP) is 7.16. The highest BCUT2D eigenvalue weighted by atomic mass is 15.6. The Bertz CT molecular complexity index is 885. The summed E-state index contributed by atoms with van der Waals surface area (Å²) in [5.41, 5.74) is 11.6. The van der Waals surface area contributed by atoms with Crippen molar-refractivity contribution < 1.29 is 0 Å². The molecule has 8 heteroatoms. The highest BCUT2D eigenvalue weighted by molar-refractivity contribution is 5.51. The van der Waals surface area contributed by atoms with E-state index < -0.39 is 0 Å². The molecular formula is C31H58N8. The molecular weight excluding hydrogens is 484 g/mol. The molecule has 1 aromatic rings. The van der Waals surface area contributed by atoms with Gasteiger partial charge in [-0.15, -0.1) is 0 Å². The van der Waals surface area contributed by atoms with Crippen molar-refractivity contribution in [2.24, 2.45) is 16.2 Å². The summed E-state index contributed by atoms with van der Waals surface area (Å²) in [5, 5.41) is 7.11. The van der Waals surface area contributed by atoms with E-state index in [1.165, 1.54) is 32.1 Å². The van der Waals surface area contributed by atoms with E-state index in [2.05, 4.69) is 120 Å². The Kier molecular flexibility index (Phi) is 7.79. The molecule has 0 unspecified atom stereocenters. The highest BCUT2D eigenvalue weighted by Crippen LogP contribution is 2.45. The van der Waals surface area contributed by atoms with Crippen molar-refractivity contribution in [2.45, 2.75) is 138 Å². The summed E-state index contributed by atoms with van der Waals surface area (Å²) in [6.45, 7) is 31.2. The van der Waals surface area contributed by atoms with Crippen LogP contribution >= 0.6 is 0 Å². The first-order valence-electron chi connectivity index (χ1n) is 15.3. The van der Waals surface area contributed by atoms with Gasteiger partial charge in [-0.05, 0) is 96.3 Å². The Balaban J connectivity index is 1.67. The van der Waals surface area contributed by atoms with Gasteiger partial charge in [0.1, 0.15) is 11.6 Å². The average Bonchev–Trinajstić information content (AvgIpc) is 2.79. The minimum Gasteiger partial charge on any atom is -0.302 e. The van der Waals surface area contributed by atoms with Gasteiger partial charge in [-0.3, -0.25) is 5.43 Å². The molecule has 222 valence electrons. The first-order valence-corrected chi connectivity index (χ1v) is 15.3. The summed E-state index contributed by atoms with van der Waals surface area (Å²) < 4.78 is 0. The summed E-state index contributed by atoms with van der Waals surface area (Å²) in [6.07, 6.45) is 7.15. The lowest BCUT2D eigenvalue weighted by Crippen LogP contribution is -2.60. The molecule has 0 aromatic carbocycles. The molecule has 8 nitrogen and oxygen atoms in total. The molecule has 3 saturated heterocycles. The maximum absolute atomic E-state index is 5.03. The van der Waals surface area contributed by atoms with Crippen LogP contribution in [0.1, 0.15) is 122 Å². The summed E-state index contributed by atoms with van der Waals surface area (Å²) in [6, 6.07) is 2.08. The number of hydrogen-bond donors (Lipinski definition) is 3. The second kappa shape index (κ2) is 10.0. The topological polar surface area (TPSA) is 71.6 Å². The fourth-order valence-corrected chi connectivity index (χ4v) is 6.49. The molecule has 0 spiro atoms. The summed E-state index contributed by atoms with van der Waals surface area (Å²) >= 11 is 0. The largest absolute Gasteiger partial charge is 0.302 e. The van der Waals surface area contributed by atoms with Gasteiger partial charge in [0, 0.05) is 42.3 Å². The van der Waals surface area contributed by atoms with Crippen LogP contribution in [0.25, 0.3) is 0 Å². The number of nitrogens with zero attached hydrogens (tertiary/aromatic N) is 5. The lowest BCUT2D eigenvalue weighted by atomic mass is 9.69. The molecule has 0 bridgehead atoms. The molecule has 3 fully saturated rings. The van der Waals surface area contributed by atoms with Gasteiger partial charge in [-0.1, -0.05) is 41.5 Å². The van der Waals surface area contributed by atoms with Gasteiger partial charge in [0.05, 0.1) is 0 Å². The molecule has 3 N–H and O–H groups in total. The summed E-state index contributed by atoms with van der Waals surface area (Å²) in [4.78, 5) is 10.1. The van der Waals surface area contributed by atoms with Crippen LogP contribution < -0.4 is 16.3 Å². The van der Waals surface area contributed by atoms with Crippen LogP contribution in [-0.2, 0) is 0 Å². The fraction of sp³-hybridized carbons (Fsp3) is 0.871. The highest BCUT2D eigenvalue weighted by Gasteiger charge is 2.47. The van der Waals surface area contributed by atoms with Gasteiger partial charge in [0.25, 0.3) is 0 Å². The van der Waals surface area contributed by atoms with E-state index >= 15 is 0 Å². The van der Waals surface area contributed by atoms with Crippen LogP contribution in [0.3, 0.4) is 0 Å². The normalized spacial score (nSPS) is 28.0. The molecule has 0 aliphatic carbocycles. The summed E-state index contributed by atoms with van der Waals surface area (Å²) in [7, 11) is 0. The molecule has 1 aromatic heterocycles. The van der Waals surface area contributed by atoms with Gasteiger partial charge in [-0.25, -0.2) is 15.0 Å². The Morgan fingerprint density at radius 2 is 0.821 bits per heavy atom. The van der Waals surface area contributed by atoms with E-state index in [4.69, 9.17) is 9.97 Å². The third-order valence-electron chi connectivity index (χ3n) is 12.0. The molecule has 4 heterocycles. The Morgan fingerprint density at radius 3 is 1.15 bits per heavy atom.